The number of benzene rings is 10. The Morgan fingerprint density at radius 1 is 0.306 bits per heavy atom. The molecule has 0 unspecified atom stereocenters. The lowest BCUT2D eigenvalue weighted by molar-refractivity contribution is 1.06. The number of pyridine rings is 1. The van der Waals surface area contributed by atoms with E-state index in [4.69, 9.17) is 4.98 Å². The number of para-hydroxylation sites is 3. The summed E-state index contributed by atoms with van der Waals surface area (Å²) >= 11 is 0. The molecule has 0 spiro atoms. The smallest absolute Gasteiger partial charge is 0.263 e. The van der Waals surface area contributed by atoms with Crippen LogP contribution in [0, 0.1) is 0 Å². The Morgan fingerprint density at radius 3 is 1.58 bits per heavy atom. The summed E-state index contributed by atoms with van der Waals surface area (Å²) in [6.07, 6.45) is 0. The van der Waals surface area contributed by atoms with Crippen LogP contribution < -0.4 is 5.56 Å². The van der Waals surface area contributed by atoms with E-state index in [2.05, 4.69) is 174 Å². The predicted octanol–water partition coefficient (Wildman–Crippen LogP) is 14.5. The van der Waals surface area contributed by atoms with Crippen LogP contribution in [-0.4, -0.2) is 14.1 Å². The van der Waals surface area contributed by atoms with Gasteiger partial charge in [0.05, 0.1) is 16.6 Å². The van der Waals surface area contributed by atoms with E-state index in [0.29, 0.717) is 5.39 Å². The fourth-order valence-electron chi connectivity index (χ4n) is 9.55. The molecule has 0 bridgehead atoms. The molecular weight excluding hydrogens is 755 g/mol. The number of hydrogen-bond donors (Lipinski definition) is 0. The van der Waals surface area contributed by atoms with Crippen LogP contribution in [0.25, 0.3) is 110 Å². The van der Waals surface area contributed by atoms with Crippen LogP contribution >= 0.6 is 0 Å². The number of nitrogens with zero attached hydrogens (tertiary/aromatic N) is 3. The molecule has 0 radical (unpaired) electrons. The summed E-state index contributed by atoms with van der Waals surface area (Å²) in [4.78, 5) is 19.2. The van der Waals surface area contributed by atoms with Gasteiger partial charge in [-0.3, -0.25) is 13.9 Å². The van der Waals surface area contributed by atoms with Crippen LogP contribution in [0.3, 0.4) is 0 Å². The largest absolute Gasteiger partial charge is 0.292 e. The summed E-state index contributed by atoms with van der Waals surface area (Å²) in [5, 5.41) is 7.40. The number of imidazole rings is 1. The van der Waals surface area contributed by atoms with Crippen molar-refractivity contribution in [3.05, 3.63) is 235 Å². The average molecular weight is 792 g/mol. The first kappa shape index (κ1) is 35.6. The van der Waals surface area contributed by atoms with Gasteiger partial charge in [-0.15, -0.1) is 0 Å². The lowest BCUT2D eigenvalue weighted by atomic mass is 9.84. The zero-order chi connectivity index (χ0) is 41.1. The zero-order valence-electron chi connectivity index (χ0n) is 33.6. The minimum absolute atomic E-state index is 0.0236. The first-order valence-corrected chi connectivity index (χ1v) is 21.0. The maximum absolute atomic E-state index is 14.1. The molecule has 10 aromatic carbocycles. The first-order chi connectivity index (χ1) is 30.7. The lowest BCUT2D eigenvalue weighted by Gasteiger charge is -2.20. The van der Waals surface area contributed by atoms with E-state index in [9.17, 15) is 4.79 Å². The normalized spacial score (nSPS) is 11.6. The van der Waals surface area contributed by atoms with Gasteiger partial charge < -0.3 is 0 Å². The van der Waals surface area contributed by atoms with Gasteiger partial charge in [0.15, 0.2) is 0 Å². The number of fused-ring (bicyclic) bond motifs is 6. The SMILES string of the molecule is O=c1c2ccccc2c2cc(-c3ccc4c(-c5ccccc5)c5ccccc5c(-c5cccc(-n6c(-c7ccccc7)nc7ccccc76)c5)c4c3)ccc2n1-c1ccccc1. The van der Waals surface area contributed by atoms with E-state index in [0.717, 1.165) is 72.2 Å². The third kappa shape index (κ3) is 5.69. The minimum Gasteiger partial charge on any atom is -0.292 e. The minimum atomic E-state index is -0.0236. The van der Waals surface area contributed by atoms with Crippen LogP contribution in [0.2, 0.25) is 0 Å². The van der Waals surface area contributed by atoms with Gasteiger partial charge in [-0.05, 0) is 121 Å². The van der Waals surface area contributed by atoms with Crippen molar-refractivity contribution >= 4 is 54.3 Å². The van der Waals surface area contributed by atoms with Gasteiger partial charge >= 0.3 is 0 Å². The van der Waals surface area contributed by atoms with E-state index in [-0.39, 0.29) is 5.56 Å². The highest BCUT2D eigenvalue weighted by atomic mass is 16.1. The fourth-order valence-corrected chi connectivity index (χ4v) is 9.55. The highest BCUT2D eigenvalue weighted by Crippen LogP contribution is 2.46. The molecule has 2 aromatic heterocycles. The lowest BCUT2D eigenvalue weighted by Crippen LogP contribution is -2.19. The van der Waals surface area contributed by atoms with Crippen molar-refractivity contribution in [1.29, 1.82) is 0 Å². The molecule has 4 heteroatoms. The maximum Gasteiger partial charge on any atom is 0.263 e. The highest BCUT2D eigenvalue weighted by molar-refractivity contribution is 6.22. The van der Waals surface area contributed by atoms with Gasteiger partial charge in [-0.2, -0.15) is 0 Å². The van der Waals surface area contributed by atoms with Crippen molar-refractivity contribution in [1.82, 2.24) is 14.1 Å². The summed E-state index contributed by atoms with van der Waals surface area (Å²) in [5.74, 6) is 0.905. The standard InChI is InChI=1S/C58H37N3O/c62-58-49-28-13-10-25-45(49)50-36-41(32-34-53(50)61(58)43-22-8-3-9-23-43)40-31-33-48-51(37-40)56(47-27-12-11-26-46(47)55(48)38-17-4-1-5-18-38)42-21-16-24-44(35-42)60-54-30-15-14-29-52(54)59-57(60)39-19-6-2-7-20-39/h1-37H. The average Bonchev–Trinajstić information content (AvgIpc) is 3.74. The predicted molar refractivity (Wildman–Crippen MR) is 258 cm³/mol. The van der Waals surface area contributed by atoms with Crippen molar-refractivity contribution in [2.24, 2.45) is 0 Å². The van der Waals surface area contributed by atoms with E-state index in [1.165, 1.54) is 32.8 Å². The van der Waals surface area contributed by atoms with Gasteiger partial charge in [0.25, 0.3) is 5.56 Å². The Balaban J connectivity index is 1.13. The van der Waals surface area contributed by atoms with Crippen molar-refractivity contribution < 1.29 is 0 Å². The molecule has 12 rings (SSSR count). The van der Waals surface area contributed by atoms with Gasteiger partial charge in [-0.25, -0.2) is 4.98 Å². The zero-order valence-corrected chi connectivity index (χ0v) is 33.6. The molecule has 12 aromatic rings. The van der Waals surface area contributed by atoms with Crippen LogP contribution in [0.1, 0.15) is 0 Å². The second-order valence-electron chi connectivity index (χ2n) is 15.9. The molecule has 0 aliphatic carbocycles. The van der Waals surface area contributed by atoms with E-state index in [1.807, 2.05) is 59.2 Å². The van der Waals surface area contributed by atoms with Crippen LogP contribution in [0.5, 0.6) is 0 Å². The van der Waals surface area contributed by atoms with Gasteiger partial charge in [0.2, 0.25) is 0 Å². The molecule has 0 atom stereocenters. The highest BCUT2D eigenvalue weighted by Gasteiger charge is 2.20. The summed E-state index contributed by atoms with van der Waals surface area (Å²) in [5.41, 5.74) is 12.7. The fraction of sp³-hybridized carbons (Fsp3) is 0. The van der Waals surface area contributed by atoms with Gasteiger partial charge in [-0.1, -0.05) is 164 Å². The Morgan fingerprint density at radius 2 is 0.839 bits per heavy atom. The molecule has 2 heterocycles. The molecule has 0 saturated heterocycles. The summed E-state index contributed by atoms with van der Waals surface area (Å²) in [6, 6.07) is 78.6. The molecule has 0 aliphatic heterocycles. The Hall–Kier alpha value is -8.34. The van der Waals surface area contributed by atoms with Gasteiger partial charge in [0, 0.05) is 27.7 Å². The van der Waals surface area contributed by atoms with Gasteiger partial charge in [0.1, 0.15) is 5.82 Å². The molecule has 62 heavy (non-hydrogen) atoms. The summed E-state index contributed by atoms with van der Waals surface area (Å²) in [7, 11) is 0. The second kappa shape index (κ2) is 14.4. The van der Waals surface area contributed by atoms with Crippen LogP contribution in [0.15, 0.2) is 229 Å². The Labute approximate surface area is 357 Å². The Kier molecular flexibility index (Phi) is 8.29. The molecule has 290 valence electrons. The van der Waals surface area contributed by atoms with E-state index < -0.39 is 0 Å². The van der Waals surface area contributed by atoms with Crippen molar-refractivity contribution in [2.45, 2.75) is 0 Å². The Bertz CT molecular complexity index is 3760. The number of rotatable bonds is 6. The second-order valence-corrected chi connectivity index (χ2v) is 15.9. The third-order valence-electron chi connectivity index (χ3n) is 12.3. The molecule has 0 saturated carbocycles. The van der Waals surface area contributed by atoms with Crippen LogP contribution in [-0.2, 0) is 0 Å². The first-order valence-electron chi connectivity index (χ1n) is 21.0. The van der Waals surface area contributed by atoms with E-state index >= 15 is 0 Å². The maximum atomic E-state index is 14.1. The molecule has 4 nitrogen and oxygen atoms in total. The number of hydrogen-bond acceptors (Lipinski definition) is 2. The molecule has 0 aliphatic rings. The van der Waals surface area contributed by atoms with E-state index in [1.54, 1.807) is 0 Å². The molecule has 0 N–H and O–H groups in total. The topological polar surface area (TPSA) is 39.8 Å². The van der Waals surface area contributed by atoms with Crippen LogP contribution in [0.4, 0.5) is 0 Å². The monoisotopic (exact) mass is 791 g/mol. The summed E-state index contributed by atoms with van der Waals surface area (Å²) in [6.45, 7) is 0. The molecular formula is C58H37N3O. The quantitative estimate of drug-likeness (QED) is 0.124. The van der Waals surface area contributed by atoms with Crippen molar-refractivity contribution in [3.63, 3.8) is 0 Å². The molecule has 0 fully saturated rings. The summed E-state index contributed by atoms with van der Waals surface area (Å²) < 4.78 is 4.13. The van der Waals surface area contributed by atoms with Crippen molar-refractivity contribution in [3.8, 4) is 56.1 Å². The third-order valence-corrected chi connectivity index (χ3v) is 12.3. The molecule has 0 amide bonds. The van der Waals surface area contributed by atoms with Crippen molar-refractivity contribution in [2.75, 3.05) is 0 Å². The number of aromatic nitrogens is 3.